The Kier molecular flexibility index (Phi) is 3.62. The number of benzene rings is 1. The third-order valence-electron chi connectivity index (χ3n) is 3.42. The van der Waals surface area contributed by atoms with Gasteiger partial charge in [0, 0.05) is 12.0 Å². The van der Waals surface area contributed by atoms with Crippen molar-refractivity contribution in [2.24, 2.45) is 5.41 Å². The molecule has 6 heteroatoms. The zero-order valence-corrected chi connectivity index (χ0v) is 10.8. The van der Waals surface area contributed by atoms with Crippen LogP contribution in [-0.4, -0.2) is 33.2 Å². The average molecular weight is 288 g/mol. The Balaban J connectivity index is 2.58. The van der Waals surface area contributed by atoms with Crippen molar-refractivity contribution >= 4 is 23.5 Å². The number of hydrogen-bond donors (Lipinski definition) is 3. The Morgan fingerprint density at radius 1 is 0.952 bits per heavy atom. The van der Waals surface area contributed by atoms with Gasteiger partial charge in [0.05, 0.1) is 0 Å². The van der Waals surface area contributed by atoms with E-state index in [4.69, 9.17) is 10.2 Å². The molecular weight excluding hydrogens is 276 g/mol. The Morgan fingerprint density at radius 3 is 2.00 bits per heavy atom. The molecule has 0 heterocycles. The van der Waals surface area contributed by atoms with E-state index in [0.717, 1.165) is 6.08 Å². The molecule has 0 aliphatic heterocycles. The molecule has 1 aromatic rings. The van der Waals surface area contributed by atoms with Crippen molar-refractivity contribution in [2.75, 3.05) is 0 Å². The molecule has 6 nitrogen and oxygen atoms in total. The van der Waals surface area contributed by atoms with Gasteiger partial charge in [0.25, 0.3) is 0 Å². The Hall–Kier alpha value is -2.89. The predicted molar refractivity (Wildman–Crippen MR) is 72.5 cm³/mol. The van der Waals surface area contributed by atoms with Gasteiger partial charge in [-0.3, -0.25) is 9.59 Å². The summed E-state index contributed by atoms with van der Waals surface area (Å²) in [5.74, 6) is -4.50. The molecule has 0 bridgehead atoms. The highest BCUT2D eigenvalue weighted by Crippen LogP contribution is 2.38. The van der Waals surface area contributed by atoms with Crippen LogP contribution in [0.1, 0.15) is 12.0 Å². The first-order valence-corrected chi connectivity index (χ1v) is 6.06. The smallest absolute Gasteiger partial charge is 0.332 e. The van der Waals surface area contributed by atoms with Crippen molar-refractivity contribution in [3.63, 3.8) is 0 Å². The molecule has 0 unspecified atom stereocenters. The minimum Gasteiger partial charge on any atom is -0.480 e. The number of aliphatic carboxylic acids is 3. The first-order valence-electron chi connectivity index (χ1n) is 6.06. The second kappa shape index (κ2) is 5.24. The number of allylic oxidation sites excluding steroid dienone is 2. The van der Waals surface area contributed by atoms with Gasteiger partial charge in [-0.1, -0.05) is 42.5 Å². The van der Waals surface area contributed by atoms with E-state index in [1.807, 2.05) is 0 Å². The van der Waals surface area contributed by atoms with Gasteiger partial charge in [0.15, 0.2) is 5.41 Å². The first kappa shape index (κ1) is 14.5. The molecule has 0 saturated heterocycles. The molecule has 2 rings (SSSR count). The second-order valence-electron chi connectivity index (χ2n) is 4.66. The molecule has 1 aliphatic rings. The first-order chi connectivity index (χ1) is 9.88. The summed E-state index contributed by atoms with van der Waals surface area (Å²) in [6.45, 7) is 0. The summed E-state index contributed by atoms with van der Waals surface area (Å²) in [5, 5.41) is 27.6. The van der Waals surface area contributed by atoms with Crippen molar-refractivity contribution in [3.05, 3.63) is 53.6 Å². The summed E-state index contributed by atoms with van der Waals surface area (Å²) in [6.07, 6.45) is 1.69. The molecule has 0 atom stereocenters. The maximum absolute atomic E-state index is 11.4. The van der Waals surface area contributed by atoms with E-state index < -0.39 is 29.7 Å². The number of hydrogen-bond acceptors (Lipinski definition) is 3. The molecular formula is C15H12O6. The Morgan fingerprint density at radius 2 is 1.52 bits per heavy atom. The lowest BCUT2D eigenvalue weighted by atomic mass is 9.75. The van der Waals surface area contributed by atoms with Crippen molar-refractivity contribution in [1.29, 1.82) is 0 Å². The third kappa shape index (κ3) is 2.43. The quantitative estimate of drug-likeness (QED) is 0.726. The largest absolute Gasteiger partial charge is 0.480 e. The van der Waals surface area contributed by atoms with E-state index in [1.54, 1.807) is 30.3 Å². The highest BCUT2D eigenvalue weighted by Gasteiger charge is 2.48. The number of carbonyl (C=O) groups is 3. The van der Waals surface area contributed by atoms with Crippen molar-refractivity contribution in [1.82, 2.24) is 0 Å². The van der Waals surface area contributed by atoms with Gasteiger partial charge in [-0.2, -0.15) is 0 Å². The molecule has 0 radical (unpaired) electrons. The average Bonchev–Trinajstić information content (AvgIpc) is 2.47. The lowest BCUT2D eigenvalue weighted by molar-refractivity contribution is -0.160. The lowest BCUT2D eigenvalue weighted by Gasteiger charge is -2.26. The SMILES string of the molecule is O=C(O)C1=C(c2ccccc2)C=CC(C(=O)O)(C(=O)O)C1. The van der Waals surface area contributed by atoms with E-state index >= 15 is 0 Å². The van der Waals surface area contributed by atoms with E-state index in [0.29, 0.717) is 11.1 Å². The third-order valence-corrected chi connectivity index (χ3v) is 3.42. The Bertz CT molecular complexity index is 655. The number of rotatable bonds is 4. The highest BCUT2D eigenvalue weighted by molar-refractivity contribution is 6.07. The van der Waals surface area contributed by atoms with Crippen LogP contribution < -0.4 is 0 Å². The van der Waals surface area contributed by atoms with Crippen LogP contribution in [-0.2, 0) is 14.4 Å². The van der Waals surface area contributed by atoms with Crippen molar-refractivity contribution in [3.8, 4) is 0 Å². The number of carboxylic acids is 3. The van der Waals surface area contributed by atoms with Crippen LogP contribution in [0.5, 0.6) is 0 Å². The van der Waals surface area contributed by atoms with Gasteiger partial charge >= 0.3 is 17.9 Å². The van der Waals surface area contributed by atoms with Crippen LogP contribution in [0.25, 0.3) is 5.57 Å². The highest BCUT2D eigenvalue weighted by atomic mass is 16.4. The normalized spacial score (nSPS) is 16.6. The predicted octanol–water partition coefficient (Wildman–Crippen LogP) is 1.64. The number of carboxylic acid groups (broad SMARTS) is 3. The van der Waals surface area contributed by atoms with E-state index in [-0.39, 0.29) is 5.57 Å². The minimum atomic E-state index is -2.24. The second-order valence-corrected chi connectivity index (χ2v) is 4.66. The van der Waals surface area contributed by atoms with Crippen LogP contribution in [0, 0.1) is 5.41 Å². The molecule has 1 aliphatic carbocycles. The topological polar surface area (TPSA) is 112 Å². The molecule has 21 heavy (non-hydrogen) atoms. The van der Waals surface area contributed by atoms with Crippen molar-refractivity contribution < 1.29 is 29.7 Å². The summed E-state index contributed by atoms with van der Waals surface area (Å²) in [6, 6.07) is 8.54. The standard InChI is InChI=1S/C15H12O6/c16-12(17)11-8-15(13(18)19,14(20)21)7-6-10(11)9-4-2-1-3-5-9/h1-7H,8H2,(H,16,17)(H,18,19)(H,20,21). The molecule has 0 aromatic heterocycles. The summed E-state index contributed by atoms with van der Waals surface area (Å²) in [7, 11) is 0. The fourth-order valence-corrected chi connectivity index (χ4v) is 2.22. The molecule has 108 valence electrons. The minimum absolute atomic E-state index is 0.228. The molecule has 0 spiro atoms. The fourth-order valence-electron chi connectivity index (χ4n) is 2.22. The van der Waals surface area contributed by atoms with Gasteiger partial charge in [0.2, 0.25) is 0 Å². The molecule has 0 saturated carbocycles. The summed E-state index contributed by atoms with van der Waals surface area (Å²) in [5.41, 5.74) is -1.56. The van der Waals surface area contributed by atoms with Gasteiger partial charge in [0.1, 0.15) is 0 Å². The zero-order chi connectivity index (χ0) is 15.6. The molecule has 0 amide bonds. The van der Waals surface area contributed by atoms with Gasteiger partial charge < -0.3 is 15.3 Å². The molecule has 3 N–H and O–H groups in total. The zero-order valence-electron chi connectivity index (χ0n) is 10.8. The van der Waals surface area contributed by atoms with Crippen LogP contribution >= 0.6 is 0 Å². The molecule has 1 aromatic carbocycles. The Labute approximate surface area is 119 Å². The van der Waals surface area contributed by atoms with Gasteiger partial charge in [-0.25, -0.2) is 4.79 Å². The van der Waals surface area contributed by atoms with Gasteiger partial charge in [-0.15, -0.1) is 0 Å². The summed E-state index contributed by atoms with van der Waals surface area (Å²) in [4.78, 5) is 34.0. The fraction of sp³-hybridized carbons (Fsp3) is 0.133. The van der Waals surface area contributed by atoms with Gasteiger partial charge in [-0.05, 0) is 11.1 Å². The van der Waals surface area contributed by atoms with Crippen LogP contribution in [0.2, 0.25) is 0 Å². The van der Waals surface area contributed by atoms with Crippen LogP contribution in [0.4, 0.5) is 0 Å². The summed E-state index contributed by atoms with van der Waals surface area (Å²) < 4.78 is 0. The van der Waals surface area contributed by atoms with E-state index in [9.17, 15) is 19.5 Å². The van der Waals surface area contributed by atoms with Crippen molar-refractivity contribution in [2.45, 2.75) is 6.42 Å². The summed E-state index contributed by atoms with van der Waals surface area (Å²) >= 11 is 0. The van der Waals surface area contributed by atoms with Crippen LogP contribution in [0.15, 0.2) is 48.1 Å². The monoisotopic (exact) mass is 288 g/mol. The lowest BCUT2D eigenvalue weighted by Crippen LogP contribution is -2.40. The van der Waals surface area contributed by atoms with Crippen LogP contribution in [0.3, 0.4) is 0 Å². The maximum atomic E-state index is 11.4. The maximum Gasteiger partial charge on any atom is 0.332 e. The van der Waals surface area contributed by atoms with E-state index in [2.05, 4.69) is 0 Å². The van der Waals surface area contributed by atoms with E-state index in [1.165, 1.54) is 6.08 Å². The molecule has 0 fully saturated rings.